The third-order valence-corrected chi connectivity index (χ3v) is 2.23. The molecule has 0 heterocycles. The summed E-state index contributed by atoms with van der Waals surface area (Å²) in [5.41, 5.74) is 0.472. The molecule has 0 bridgehead atoms. The van der Waals surface area contributed by atoms with E-state index < -0.39 is 5.82 Å². The highest BCUT2D eigenvalue weighted by atomic mass is 35.5. The van der Waals surface area contributed by atoms with E-state index in [2.05, 4.69) is 0 Å². The van der Waals surface area contributed by atoms with Gasteiger partial charge in [-0.15, -0.1) is 0 Å². The number of rotatable bonds is 2. The van der Waals surface area contributed by atoms with Gasteiger partial charge in [0.25, 0.3) is 0 Å². The molecule has 0 aromatic heterocycles. The van der Waals surface area contributed by atoms with Crippen molar-refractivity contribution in [2.45, 2.75) is 19.8 Å². The fourth-order valence-corrected chi connectivity index (χ4v) is 1.33. The Morgan fingerprint density at radius 3 is 2.54 bits per heavy atom. The molecule has 0 fully saturated rings. The Morgan fingerprint density at radius 2 is 2.08 bits per heavy atom. The van der Waals surface area contributed by atoms with Crippen molar-refractivity contribution >= 4 is 17.9 Å². The van der Waals surface area contributed by atoms with Crippen molar-refractivity contribution in [2.24, 2.45) is 0 Å². The molecule has 0 aliphatic heterocycles. The molecule has 0 saturated carbocycles. The van der Waals surface area contributed by atoms with Crippen LogP contribution in [-0.4, -0.2) is 6.29 Å². The van der Waals surface area contributed by atoms with Crippen molar-refractivity contribution < 1.29 is 9.18 Å². The van der Waals surface area contributed by atoms with Gasteiger partial charge in [0.2, 0.25) is 0 Å². The molecule has 0 saturated heterocycles. The van der Waals surface area contributed by atoms with Crippen molar-refractivity contribution in [1.29, 1.82) is 0 Å². The molecular weight excluding hydrogens is 191 g/mol. The zero-order valence-electron chi connectivity index (χ0n) is 7.47. The van der Waals surface area contributed by atoms with Crippen LogP contribution in [0.25, 0.3) is 0 Å². The molecule has 1 rings (SSSR count). The number of carbonyl (C=O) groups is 1. The van der Waals surface area contributed by atoms with Gasteiger partial charge in [0.1, 0.15) is 5.82 Å². The molecule has 0 aliphatic carbocycles. The van der Waals surface area contributed by atoms with Crippen LogP contribution in [-0.2, 0) is 0 Å². The van der Waals surface area contributed by atoms with Gasteiger partial charge < -0.3 is 0 Å². The average molecular weight is 201 g/mol. The van der Waals surface area contributed by atoms with E-state index in [1.165, 1.54) is 0 Å². The average Bonchev–Trinajstić information content (AvgIpc) is 2.04. The summed E-state index contributed by atoms with van der Waals surface area (Å²) in [5, 5.41) is 0.164. The van der Waals surface area contributed by atoms with Crippen LogP contribution in [0, 0.1) is 5.82 Å². The van der Waals surface area contributed by atoms with E-state index in [1.807, 2.05) is 13.8 Å². The molecule has 13 heavy (non-hydrogen) atoms. The van der Waals surface area contributed by atoms with Crippen LogP contribution in [0.5, 0.6) is 0 Å². The highest BCUT2D eigenvalue weighted by molar-refractivity contribution is 6.33. The molecule has 0 unspecified atom stereocenters. The summed E-state index contributed by atoms with van der Waals surface area (Å²) in [6, 6.07) is 3.15. The van der Waals surface area contributed by atoms with Crippen molar-refractivity contribution in [1.82, 2.24) is 0 Å². The van der Waals surface area contributed by atoms with Gasteiger partial charge in [-0.2, -0.15) is 0 Å². The number of hydrogen-bond acceptors (Lipinski definition) is 1. The third kappa shape index (κ3) is 1.89. The maximum absolute atomic E-state index is 13.5. The molecule has 0 atom stereocenters. The first-order chi connectivity index (χ1) is 6.07. The number of carbonyl (C=O) groups excluding carboxylic acids is 1. The quantitative estimate of drug-likeness (QED) is 0.669. The van der Waals surface area contributed by atoms with Crippen molar-refractivity contribution in [3.63, 3.8) is 0 Å². The Bertz CT molecular complexity index is 334. The molecule has 1 aromatic rings. The second kappa shape index (κ2) is 3.88. The predicted molar refractivity (Wildman–Crippen MR) is 50.9 cm³/mol. The van der Waals surface area contributed by atoms with E-state index in [1.54, 1.807) is 12.1 Å². The summed E-state index contributed by atoms with van der Waals surface area (Å²) >= 11 is 5.64. The lowest BCUT2D eigenvalue weighted by molar-refractivity contribution is 0.111. The minimum absolute atomic E-state index is 0.0483. The van der Waals surface area contributed by atoms with E-state index in [0.29, 0.717) is 11.8 Å². The molecule has 0 spiro atoms. The number of benzene rings is 1. The Morgan fingerprint density at radius 1 is 1.46 bits per heavy atom. The maximum Gasteiger partial charge on any atom is 0.154 e. The first kappa shape index (κ1) is 10.2. The zero-order valence-corrected chi connectivity index (χ0v) is 8.23. The number of hydrogen-bond donors (Lipinski definition) is 0. The number of aldehydes is 1. The minimum atomic E-state index is -0.502. The van der Waals surface area contributed by atoms with Crippen LogP contribution in [0.15, 0.2) is 12.1 Å². The summed E-state index contributed by atoms with van der Waals surface area (Å²) in [4.78, 5) is 10.5. The van der Waals surface area contributed by atoms with Crippen LogP contribution in [0.1, 0.15) is 35.7 Å². The molecule has 0 N–H and O–H groups in total. The van der Waals surface area contributed by atoms with Gasteiger partial charge in [-0.25, -0.2) is 4.39 Å². The summed E-state index contributed by atoms with van der Waals surface area (Å²) in [7, 11) is 0. The fourth-order valence-electron chi connectivity index (χ4n) is 1.14. The van der Waals surface area contributed by atoms with Crippen LogP contribution in [0.3, 0.4) is 0 Å². The Kier molecular flexibility index (Phi) is 3.04. The molecule has 0 aliphatic rings. The lowest BCUT2D eigenvalue weighted by Gasteiger charge is -2.08. The first-order valence-corrected chi connectivity index (χ1v) is 4.38. The normalized spacial score (nSPS) is 10.5. The smallest absolute Gasteiger partial charge is 0.154 e. The van der Waals surface area contributed by atoms with E-state index in [4.69, 9.17) is 11.6 Å². The van der Waals surface area contributed by atoms with Crippen LogP contribution >= 0.6 is 11.6 Å². The lowest BCUT2D eigenvalue weighted by atomic mass is 10.0. The van der Waals surface area contributed by atoms with Crippen LogP contribution < -0.4 is 0 Å². The van der Waals surface area contributed by atoms with E-state index in [0.717, 1.165) is 0 Å². The Labute approximate surface area is 81.5 Å². The zero-order chi connectivity index (χ0) is 10.0. The molecule has 0 radical (unpaired) electrons. The standard InChI is InChI=1S/C10H10ClFO/c1-6(2)7-3-4-9(11)8(5-13)10(7)12/h3-6H,1-2H3. The SMILES string of the molecule is CC(C)c1ccc(Cl)c(C=O)c1F. The molecule has 0 amide bonds. The molecular formula is C10H10ClFO. The summed E-state index contributed by atoms with van der Waals surface area (Å²) < 4.78 is 13.5. The Hall–Kier alpha value is -0.890. The number of halogens is 2. The van der Waals surface area contributed by atoms with Crippen molar-refractivity contribution in [3.8, 4) is 0 Å². The van der Waals surface area contributed by atoms with Gasteiger partial charge in [-0.3, -0.25) is 4.79 Å². The first-order valence-electron chi connectivity index (χ1n) is 4.01. The molecule has 1 aromatic carbocycles. The largest absolute Gasteiger partial charge is 0.298 e. The van der Waals surface area contributed by atoms with E-state index in [-0.39, 0.29) is 16.5 Å². The fraction of sp³-hybridized carbons (Fsp3) is 0.300. The lowest BCUT2D eigenvalue weighted by Crippen LogP contribution is -1.98. The molecule has 70 valence electrons. The van der Waals surface area contributed by atoms with Gasteiger partial charge in [0.05, 0.1) is 10.6 Å². The Balaban J connectivity index is 3.35. The van der Waals surface area contributed by atoms with Gasteiger partial charge in [0, 0.05) is 0 Å². The van der Waals surface area contributed by atoms with Crippen molar-refractivity contribution in [3.05, 3.63) is 34.1 Å². The van der Waals surface area contributed by atoms with Gasteiger partial charge in [0.15, 0.2) is 6.29 Å². The summed E-state index contributed by atoms with van der Waals surface area (Å²) in [6.07, 6.45) is 0.448. The van der Waals surface area contributed by atoms with Crippen LogP contribution in [0.2, 0.25) is 5.02 Å². The van der Waals surface area contributed by atoms with Gasteiger partial charge >= 0.3 is 0 Å². The van der Waals surface area contributed by atoms with Crippen LogP contribution in [0.4, 0.5) is 4.39 Å². The van der Waals surface area contributed by atoms with E-state index >= 15 is 0 Å². The molecule has 1 nitrogen and oxygen atoms in total. The summed E-state index contributed by atoms with van der Waals surface area (Å²) in [6.45, 7) is 3.72. The highest BCUT2D eigenvalue weighted by Crippen LogP contribution is 2.25. The summed E-state index contributed by atoms with van der Waals surface area (Å²) in [5.74, 6) is -0.450. The maximum atomic E-state index is 13.5. The topological polar surface area (TPSA) is 17.1 Å². The van der Waals surface area contributed by atoms with Gasteiger partial charge in [-0.1, -0.05) is 31.5 Å². The highest BCUT2D eigenvalue weighted by Gasteiger charge is 2.13. The minimum Gasteiger partial charge on any atom is -0.298 e. The third-order valence-electron chi connectivity index (χ3n) is 1.90. The monoisotopic (exact) mass is 200 g/mol. The van der Waals surface area contributed by atoms with E-state index in [9.17, 15) is 9.18 Å². The second-order valence-corrected chi connectivity index (χ2v) is 3.54. The van der Waals surface area contributed by atoms with Crippen molar-refractivity contribution in [2.75, 3.05) is 0 Å². The second-order valence-electron chi connectivity index (χ2n) is 3.14. The molecule has 3 heteroatoms. The van der Waals surface area contributed by atoms with Gasteiger partial charge in [-0.05, 0) is 17.5 Å². The predicted octanol–water partition coefficient (Wildman–Crippen LogP) is 3.42.